The minimum Gasteiger partial charge on any atom is -0.354 e. The molecule has 0 fully saturated rings. The number of hydrogen-bond acceptors (Lipinski definition) is 4. The molecular weight excluding hydrogens is 464 g/mol. The quantitative estimate of drug-likeness (QED) is 0.317. The topological polar surface area (TPSA) is 66.5 Å². The molecule has 3 aromatic rings. The second kappa shape index (κ2) is 11.4. The lowest BCUT2D eigenvalue weighted by Crippen LogP contribution is -2.41. The van der Waals surface area contributed by atoms with E-state index < -0.39 is 10.0 Å². The van der Waals surface area contributed by atoms with Crippen molar-refractivity contribution in [1.82, 2.24) is 5.32 Å². The van der Waals surface area contributed by atoms with Crippen LogP contribution in [0.4, 0.5) is 5.69 Å². The average molecular weight is 489 g/mol. The number of anilines is 1. The number of thioether (sulfide) groups is 1. The highest BCUT2D eigenvalue weighted by molar-refractivity contribution is 7.99. The van der Waals surface area contributed by atoms with Crippen LogP contribution < -0.4 is 9.62 Å². The van der Waals surface area contributed by atoms with Gasteiger partial charge in [-0.2, -0.15) is 0 Å². The second-order valence-electron chi connectivity index (χ2n) is 7.07. The van der Waals surface area contributed by atoms with Gasteiger partial charge in [-0.1, -0.05) is 54.1 Å². The van der Waals surface area contributed by atoms with Gasteiger partial charge in [-0.25, -0.2) is 8.42 Å². The smallest absolute Gasteiger partial charge is 0.264 e. The van der Waals surface area contributed by atoms with Crippen LogP contribution in [0.3, 0.4) is 0 Å². The van der Waals surface area contributed by atoms with E-state index in [1.807, 2.05) is 30.3 Å². The highest BCUT2D eigenvalue weighted by atomic mass is 35.5. The zero-order chi connectivity index (χ0) is 23.0. The third-order valence-electron chi connectivity index (χ3n) is 4.78. The molecule has 3 aromatic carbocycles. The molecule has 5 nitrogen and oxygen atoms in total. The molecule has 0 saturated carbocycles. The van der Waals surface area contributed by atoms with Crippen molar-refractivity contribution in [2.24, 2.45) is 0 Å². The summed E-state index contributed by atoms with van der Waals surface area (Å²) in [6, 6.07) is 23.2. The monoisotopic (exact) mass is 488 g/mol. The van der Waals surface area contributed by atoms with Crippen molar-refractivity contribution in [3.05, 3.63) is 89.4 Å². The second-order valence-corrected chi connectivity index (χ2v) is 10.5. The molecule has 0 atom stereocenters. The Kier molecular flexibility index (Phi) is 8.61. The zero-order valence-electron chi connectivity index (χ0n) is 17.7. The lowest BCUT2D eigenvalue weighted by Gasteiger charge is -2.26. The Morgan fingerprint density at radius 2 is 1.62 bits per heavy atom. The number of carbonyl (C=O) groups excluding carboxylic acids is 1. The Bertz CT molecular complexity index is 1140. The number of amides is 1. The van der Waals surface area contributed by atoms with E-state index in [2.05, 4.69) is 5.32 Å². The van der Waals surface area contributed by atoms with Gasteiger partial charge >= 0.3 is 0 Å². The van der Waals surface area contributed by atoms with Gasteiger partial charge in [0.15, 0.2) is 0 Å². The van der Waals surface area contributed by atoms with Crippen LogP contribution in [-0.2, 0) is 14.8 Å². The SMILES string of the molecule is Cc1c(Cl)cccc1N(CC(=O)NCCCSc1ccccc1)S(=O)(=O)c1ccccc1. The number of benzene rings is 3. The first kappa shape index (κ1) is 24.2. The average Bonchev–Trinajstić information content (AvgIpc) is 2.80. The standard InChI is InChI=1S/C24H25ClN2O3S2/c1-19-22(25)14-8-15-23(19)27(32(29,30)21-12-6-3-7-13-21)18-24(28)26-16-9-17-31-20-10-4-2-5-11-20/h2-8,10-15H,9,16-18H2,1H3,(H,26,28). The Morgan fingerprint density at radius 1 is 0.969 bits per heavy atom. The summed E-state index contributed by atoms with van der Waals surface area (Å²) in [6.07, 6.45) is 0.771. The summed E-state index contributed by atoms with van der Waals surface area (Å²) in [6.45, 7) is 1.88. The summed E-state index contributed by atoms with van der Waals surface area (Å²) in [5.41, 5.74) is 0.983. The molecule has 0 spiro atoms. The summed E-state index contributed by atoms with van der Waals surface area (Å²) >= 11 is 7.95. The Morgan fingerprint density at radius 3 is 2.31 bits per heavy atom. The molecule has 0 unspecified atom stereocenters. The summed E-state index contributed by atoms with van der Waals surface area (Å²) in [5.74, 6) is 0.484. The summed E-state index contributed by atoms with van der Waals surface area (Å²) in [4.78, 5) is 14.0. The fraction of sp³-hybridized carbons (Fsp3) is 0.208. The van der Waals surface area contributed by atoms with Gasteiger partial charge < -0.3 is 5.32 Å². The van der Waals surface area contributed by atoms with Crippen LogP contribution in [0.25, 0.3) is 0 Å². The van der Waals surface area contributed by atoms with E-state index in [0.717, 1.165) is 16.5 Å². The lowest BCUT2D eigenvalue weighted by molar-refractivity contribution is -0.119. The van der Waals surface area contributed by atoms with E-state index in [-0.39, 0.29) is 17.3 Å². The zero-order valence-corrected chi connectivity index (χ0v) is 20.1. The first-order chi connectivity index (χ1) is 15.4. The molecule has 1 amide bonds. The Balaban J connectivity index is 1.69. The molecule has 0 bridgehead atoms. The van der Waals surface area contributed by atoms with Gasteiger partial charge in [0.25, 0.3) is 10.0 Å². The van der Waals surface area contributed by atoms with Crippen molar-refractivity contribution in [2.75, 3.05) is 23.1 Å². The van der Waals surface area contributed by atoms with E-state index in [1.165, 1.54) is 17.0 Å². The summed E-state index contributed by atoms with van der Waals surface area (Å²) in [7, 11) is -3.95. The normalized spacial score (nSPS) is 11.2. The van der Waals surface area contributed by atoms with Gasteiger partial charge in [-0.3, -0.25) is 9.10 Å². The number of hydrogen-bond donors (Lipinski definition) is 1. The van der Waals surface area contributed by atoms with E-state index in [1.54, 1.807) is 55.1 Å². The predicted octanol–water partition coefficient (Wildman–Crippen LogP) is 5.14. The van der Waals surface area contributed by atoms with Crippen LogP contribution in [0.2, 0.25) is 5.02 Å². The largest absolute Gasteiger partial charge is 0.354 e. The van der Waals surface area contributed by atoms with E-state index >= 15 is 0 Å². The molecule has 0 aliphatic heterocycles. The molecule has 168 valence electrons. The van der Waals surface area contributed by atoms with Gasteiger partial charge in [0.1, 0.15) is 6.54 Å². The molecule has 0 aliphatic carbocycles. The molecule has 0 radical (unpaired) electrons. The van der Waals surface area contributed by atoms with E-state index in [0.29, 0.717) is 22.8 Å². The fourth-order valence-electron chi connectivity index (χ4n) is 3.08. The highest BCUT2D eigenvalue weighted by Gasteiger charge is 2.28. The molecule has 3 rings (SSSR count). The number of carbonyl (C=O) groups is 1. The predicted molar refractivity (Wildman–Crippen MR) is 132 cm³/mol. The number of nitrogens with one attached hydrogen (secondary N) is 1. The van der Waals surface area contributed by atoms with Crippen molar-refractivity contribution in [1.29, 1.82) is 0 Å². The van der Waals surface area contributed by atoms with Crippen LogP contribution in [0, 0.1) is 6.92 Å². The van der Waals surface area contributed by atoms with Crippen molar-refractivity contribution < 1.29 is 13.2 Å². The molecule has 1 N–H and O–H groups in total. The van der Waals surface area contributed by atoms with Gasteiger partial charge in [0.2, 0.25) is 5.91 Å². The first-order valence-corrected chi connectivity index (χ1v) is 13.0. The molecular formula is C24H25ClN2O3S2. The summed E-state index contributed by atoms with van der Waals surface area (Å²) in [5, 5.41) is 3.27. The van der Waals surface area contributed by atoms with Crippen LogP contribution in [0.5, 0.6) is 0 Å². The third-order valence-corrected chi connectivity index (χ3v) is 8.06. The van der Waals surface area contributed by atoms with Crippen molar-refractivity contribution in [3.8, 4) is 0 Å². The minimum absolute atomic E-state index is 0.117. The van der Waals surface area contributed by atoms with E-state index in [4.69, 9.17) is 11.6 Å². The highest BCUT2D eigenvalue weighted by Crippen LogP contribution is 2.30. The van der Waals surface area contributed by atoms with Gasteiger partial charge in [0, 0.05) is 16.5 Å². The minimum atomic E-state index is -3.95. The van der Waals surface area contributed by atoms with Gasteiger partial charge in [-0.15, -0.1) is 11.8 Å². The molecule has 0 aliphatic rings. The van der Waals surface area contributed by atoms with Crippen molar-refractivity contribution in [2.45, 2.75) is 23.1 Å². The van der Waals surface area contributed by atoms with Gasteiger partial charge in [0.05, 0.1) is 10.6 Å². The lowest BCUT2D eigenvalue weighted by atomic mass is 10.2. The molecule has 0 aromatic heterocycles. The molecule has 32 heavy (non-hydrogen) atoms. The van der Waals surface area contributed by atoms with Crippen LogP contribution in [0.15, 0.2) is 88.7 Å². The fourth-order valence-corrected chi connectivity index (χ4v) is 5.62. The molecule has 8 heteroatoms. The van der Waals surface area contributed by atoms with E-state index in [9.17, 15) is 13.2 Å². The third kappa shape index (κ3) is 6.28. The maximum atomic E-state index is 13.4. The number of rotatable bonds is 10. The Hall–Kier alpha value is -2.48. The van der Waals surface area contributed by atoms with Crippen LogP contribution in [0.1, 0.15) is 12.0 Å². The summed E-state index contributed by atoms with van der Waals surface area (Å²) < 4.78 is 27.9. The maximum Gasteiger partial charge on any atom is 0.264 e. The number of halogens is 1. The van der Waals surface area contributed by atoms with Crippen LogP contribution in [-0.4, -0.2) is 33.2 Å². The Labute approximate surface area is 198 Å². The number of nitrogens with zero attached hydrogens (tertiary/aromatic N) is 1. The first-order valence-electron chi connectivity index (χ1n) is 10.2. The van der Waals surface area contributed by atoms with Crippen molar-refractivity contribution >= 4 is 45.0 Å². The van der Waals surface area contributed by atoms with Crippen LogP contribution >= 0.6 is 23.4 Å². The maximum absolute atomic E-state index is 13.4. The van der Waals surface area contributed by atoms with Gasteiger partial charge in [-0.05, 0) is 61.1 Å². The molecule has 0 saturated heterocycles. The molecule has 0 heterocycles. The number of sulfonamides is 1. The van der Waals surface area contributed by atoms with Crippen molar-refractivity contribution in [3.63, 3.8) is 0 Å².